The van der Waals surface area contributed by atoms with E-state index in [1.807, 2.05) is 54.6 Å². The zero-order chi connectivity index (χ0) is 21.1. The molecule has 3 aromatic carbocycles. The first-order valence-corrected chi connectivity index (χ1v) is 10.0. The van der Waals surface area contributed by atoms with Gasteiger partial charge in [-0.2, -0.15) is 5.26 Å². The summed E-state index contributed by atoms with van der Waals surface area (Å²) in [5.74, 6) is 0.928. The number of nitrogens with one attached hydrogen (secondary N) is 1. The molecule has 0 radical (unpaired) electrons. The summed E-state index contributed by atoms with van der Waals surface area (Å²) in [7, 11) is 1.56. The summed E-state index contributed by atoms with van der Waals surface area (Å²) in [4.78, 5) is 12.4. The Bertz CT molecular complexity index is 1210. The zero-order valence-electron chi connectivity index (χ0n) is 16.1. The molecular formula is C24H17BrN2O3. The Hall–Kier alpha value is -3.56. The van der Waals surface area contributed by atoms with Gasteiger partial charge < -0.3 is 14.8 Å². The van der Waals surface area contributed by atoms with E-state index >= 15 is 0 Å². The van der Waals surface area contributed by atoms with E-state index in [4.69, 9.17) is 9.47 Å². The Kier molecular flexibility index (Phi) is 5.55. The van der Waals surface area contributed by atoms with Crippen LogP contribution >= 0.6 is 15.9 Å². The van der Waals surface area contributed by atoms with Gasteiger partial charge in [0, 0.05) is 26.9 Å². The number of benzene rings is 3. The Morgan fingerprint density at radius 1 is 1.10 bits per heavy atom. The summed E-state index contributed by atoms with van der Waals surface area (Å²) in [5.41, 5.74) is 4.41. The molecule has 0 bridgehead atoms. The molecule has 1 aliphatic heterocycles. The molecule has 1 amide bonds. The van der Waals surface area contributed by atoms with Gasteiger partial charge in [-0.05, 0) is 35.9 Å². The molecule has 6 heteroatoms. The van der Waals surface area contributed by atoms with Gasteiger partial charge in [0.1, 0.15) is 6.61 Å². The summed E-state index contributed by atoms with van der Waals surface area (Å²) in [6.45, 7) is 0.239. The molecule has 30 heavy (non-hydrogen) atoms. The smallest absolute Gasteiger partial charge is 0.256 e. The van der Waals surface area contributed by atoms with Gasteiger partial charge in [0.15, 0.2) is 11.5 Å². The largest absolute Gasteiger partial charge is 0.493 e. The van der Waals surface area contributed by atoms with Gasteiger partial charge in [-0.3, -0.25) is 4.79 Å². The lowest BCUT2D eigenvalue weighted by atomic mass is 10.0. The third-order valence-electron chi connectivity index (χ3n) is 4.81. The highest BCUT2D eigenvalue weighted by Crippen LogP contribution is 2.38. The van der Waals surface area contributed by atoms with Crippen molar-refractivity contribution in [3.63, 3.8) is 0 Å². The average molecular weight is 461 g/mol. The minimum atomic E-state index is -0.143. The van der Waals surface area contributed by atoms with Crippen LogP contribution in [0.4, 0.5) is 5.69 Å². The van der Waals surface area contributed by atoms with Crippen LogP contribution in [-0.2, 0) is 11.4 Å². The van der Waals surface area contributed by atoms with Gasteiger partial charge in [0.05, 0.1) is 18.7 Å². The number of carbonyl (C=O) groups excluding carboxylic acids is 1. The normalized spacial score (nSPS) is 13.5. The highest BCUT2D eigenvalue weighted by atomic mass is 79.9. The lowest BCUT2D eigenvalue weighted by Gasteiger charge is -2.13. The van der Waals surface area contributed by atoms with Crippen molar-refractivity contribution in [1.82, 2.24) is 0 Å². The standard InChI is InChI=1S/C24H17BrN2O3/c1-29-22-11-17(10-19-18-8-4-5-9-21(18)27-24(19)28)20(25)12-23(22)30-14-16-7-3-2-6-15(16)13-26/h2-12H,14H2,1H3,(H,27,28)/b19-10+. The van der Waals surface area contributed by atoms with Crippen molar-refractivity contribution in [2.75, 3.05) is 12.4 Å². The summed E-state index contributed by atoms with van der Waals surface area (Å²) in [6.07, 6.45) is 1.82. The number of amides is 1. The number of nitrogens with zero attached hydrogens (tertiary/aromatic N) is 1. The van der Waals surface area contributed by atoms with Crippen LogP contribution in [0.3, 0.4) is 0 Å². The Labute approximate surface area is 182 Å². The van der Waals surface area contributed by atoms with Crippen molar-refractivity contribution >= 4 is 39.2 Å². The van der Waals surface area contributed by atoms with Crippen molar-refractivity contribution in [3.8, 4) is 17.6 Å². The van der Waals surface area contributed by atoms with Gasteiger partial charge in [-0.25, -0.2) is 0 Å². The Balaban J connectivity index is 1.65. The van der Waals surface area contributed by atoms with E-state index < -0.39 is 0 Å². The number of ether oxygens (including phenoxy) is 2. The van der Waals surface area contributed by atoms with Crippen molar-refractivity contribution in [3.05, 3.63) is 87.4 Å². The molecule has 0 aromatic heterocycles. The van der Waals surface area contributed by atoms with Crippen LogP contribution in [-0.4, -0.2) is 13.0 Å². The highest BCUT2D eigenvalue weighted by molar-refractivity contribution is 9.10. The molecule has 0 spiro atoms. The van der Waals surface area contributed by atoms with Gasteiger partial charge >= 0.3 is 0 Å². The van der Waals surface area contributed by atoms with E-state index in [9.17, 15) is 10.1 Å². The zero-order valence-corrected chi connectivity index (χ0v) is 17.7. The number of halogens is 1. The highest BCUT2D eigenvalue weighted by Gasteiger charge is 2.24. The van der Waals surface area contributed by atoms with Crippen LogP contribution in [0.2, 0.25) is 0 Å². The number of fused-ring (bicyclic) bond motifs is 1. The first kappa shape index (κ1) is 19.7. The molecule has 1 aliphatic rings. The van der Waals surface area contributed by atoms with Crippen molar-refractivity contribution in [1.29, 1.82) is 5.26 Å². The van der Waals surface area contributed by atoms with E-state index in [1.54, 1.807) is 19.2 Å². The number of nitriles is 1. The molecule has 1 N–H and O–H groups in total. The lowest BCUT2D eigenvalue weighted by Crippen LogP contribution is -2.03. The van der Waals surface area contributed by atoms with Crippen LogP contribution in [0.15, 0.2) is 65.1 Å². The molecule has 4 rings (SSSR count). The summed E-state index contributed by atoms with van der Waals surface area (Å²) < 4.78 is 12.2. The van der Waals surface area contributed by atoms with E-state index in [1.165, 1.54) is 0 Å². The SMILES string of the molecule is COc1cc(/C=C2/C(=O)Nc3ccccc32)c(Br)cc1OCc1ccccc1C#N. The van der Waals surface area contributed by atoms with Gasteiger partial charge in [-0.15, -0.1) is 0 Å². The predicted octanol–water partition coefficient (Wildman–Crippen LogP) is 5.40. The molecule has 0 saturated heterocycles. The first-order valence-electron chi connectivity index (χ1n) is 9.21. The molecule has 0 unspecified atom stereocenters. The molecular weight excluding hydrogens is 444 g/mol. The fourth-order valence-corrected chi connectivity index (χ4v) is 3.72. The molecule has 1 heterocycles. The van der Waals surface area contributed by atoms with Crippen LogP contribution in [0.25, 0.3) is 11.6 Å². The van der Waals surface area contributed by atoms with Crippen LogP contribution in [0.1, 0.15) is 22.3 Å². The first-order chi connectivity index (χ1) is 14.6. The Morgan fingerprint density at radius 3 is 2.67 bits per heavy atom. The molecule has 5 nitrogen and oxygen atoms in total. The monoisotopic (exact) mass is 460 g/mol. The maximum absolute atomic E-state index is 12.4. The second-order valence-electron chi connectivity index (χ2n) is 6.64. The fourth-order valence-electron chi connectivity index (χ4n) is 3.28. The quantitative estimate of drug-likeness (QED) is 0.517. The van der Waals surface area contributed by atoms with Crippen molar-refractivity contribution < 1.29 is 14.3 Å². The number of hydrogen-bond acceptors (Lipinski definition) is 4. The minimum Gasteiger partial charge on any atom is -0.493 e. The number of methoxy groups -OCH3 is 1. The molecule has 0 fully saturated rings. The molecule has 0 saturated carbocycles. The van der Waals surface area contributed by atoms with Crippen LogP contribution in [0, 0.1) is 11.3 Å². The minimum absolute atomic E-state index is 0.143. The van der Waals surface area contributed by atoms with Crippen LogP contribution in [0.5, 0.6) is 11.5 Å². The van der Waals surface area contributed by atoms with E-state index in [0.717, 1.165) is 26.9 Å². The molecule has 0 atom stereocenters. The summed E-state index contributed by atoms with van der Waals surface area (Å²) in [6, 6.07) is 20.7. The predicted molar refractivity (Wildman–Crippen MR) is 119 cm³/mol. The number of hydrogen-bond donors (Lipinski definition) is 1. The molecule has 3 aromatic rings. The summed E-state index contributed by atoms with van der Waals surface area (Å²) >= 11 is 3.57. The second-order valence-corrected chi connectivity index (χ2v) is 7.49. The summed E-state index contributed by atoms with van der Waals surface area (Å²) in [5, 5.41) is 12.1. The van der Waals surface area contributed by atoms with Gasteiger partial charge in [0.25, 0.3) is 5.91 Å². The van der Waals surface area contributed by atoms with Crippen molar-refractivity contribution in [2.45, 2.75) is 6.61 Å². The average Bonchev–Trinajstić information content (AvgIpc) is 3.08. The van der Waals surface area contributed by atoms with Gasteiger partial charge in [0.2, 0.25) is 0 Å². The molecule has 0 aliphatic carbocycles. The number of carbonyl (C=O) groups is 1. The van der Waals surface area contributed by atoms with Gasteiger partial charge in [-0.1, -0.05) is 52.3 Å². The maximum atomic E-state index is 12.4. The van der Waals surface area contributed by atoms with E-state index in [0.29, 0.717) is 22.6 Å². The van der Waals surface area contributed by atoms with Crippen LogP contribution < -0.4 is 14.8 Å². The second kappa shape index (κ2) is 8.44. The maximum Gasteiger partial charge on any atom is 0.256 e. The lowest BCUT2D eigenvalue weighted by molar-refractivity contribution is -0.110. The van der Waals surface area contributed by atoms with E-state index in [-0.39, 0.29) is 12.5 Å². The Morgan fingerprint density at radius 2 is 1.87 bits per heavy atom. The fraction of sp³-hybridized carbons (Fsp3) is 0.0833. The third kappa shape index (κ3) is 3.80. The number of rotatable bonds is 5. The third-order valence-corrected chi connectivity index (χ3v) is 5.50. The topological polar surface area (TPSA) is 71.3 Å². The van der Waals surface area contributed by atoms with E-state index in [2.05, 4.69) is 27.3 Å². The number of anilines is 1. The molecule has 148 valence electrons. The van der Waals surface area contributed by atoms with Crippen molar-refractivity contribution in [2.24, 2.45) is 0 Å². The number of para-hydroxylation sites is 1.